The molecule has 5 nitrogen and oxygen atoms in total. The molecule has 1 aliphatic heterocycles. The number of halogens is 1. The van der Waals surface area contributed by atoms with Gasteiger partial charge in [0.05, 0.1) is 11.2 Å². The highest BCUT2D eigenvalue weighted by molar-refractivity contribution is 6.06. The number of hydrogen-bond donors (Lipinski definition) is 1. The first-order chi connectivity index (χ1) is 13.6. The molecule has 2 heterocycles. The number of rotatable bonds is 4. The van der Waals surface area contributed by atoms with Crippen molar-refractivity contribution in [2.75, 3.05) is 42.9 Å². The summed E-state index contributed by atoms with van der Waals surface area (Å²) in [6, 6.07) is 14.0. The molecule has 0 saturated carbocycles. The van der Waals surface area contributed by atoms with Gasteiger partial charge in [0.25, 0.3) is 5.91 Å². The Morgan fingerprint density at radius 3 is 2.68 bits per heavy atom. The Hall–Kier alpha value is -2.99. The second kappa shape index (κ2) is 7.94. The van der Waals surface area contributed by atoms with Crippen molar-refractivity contribution in [1.82, 2.24) is 9.88 Å². The number of fused-ring (bicyclic) bond motifs is 1. The third kappa shape index (κ3) is 3.82. The minimum absolute atomic E-state index is 0.281. The fourth-order valence-corrected chi connectivity index (χ4v) is 3.56. The molecule has 0 spiro atoms. The van der Waals surface area contributed by atoms with Crippen molar-refractivity contribution < 1.29 is 9.18 Å². The Bertz CT molecular complexity index is 999. The lowest BCUT2D eigenvalue weighted by atomic mass is 10.1. The second-order valence-corrected chi connectivity index (χ2v) is 6.95. The van der Waals surface area contributed by atoms with Crippen molar-refractivity contribution in [2.45, 2.75) is 6.92 Å². The van der Waals surface area contributed by atoms with E-state index in [9.17, 15) is 9.18 Å². The molecule has 1 saturated heterocycles. The number of pyridine rings is 1. The van der Waals surface area contributed by atoms with E-state index in [4.69, 9.17) is 0 Å². The van der Waals surface area contributed by atoms with Crippen LogP contribution in [0.3, 0.4) is 0 Å². The molecule has 1 fully saturated rings. The van der Waals surface area contributed by atoms with E-state index in [0.29, 0.717) is 16.9 Å². The molecule has 3 aromatic rings. The topological polar surface area (TPSA) is 48.5 Å². The lowest BCUT2D eigenvalue weighted by Gasteiger charge is -2.35. The summed E-state index contributed by atoms with van der Waals surface area (Å²) in [7, 11) is 0. The van der Waals surface area contributed by atoms with E-state index < -0.39 is 0 Å². The predicted molar refractivity (Wildman–Crippen MR) is 110 cm³/mol. The first-order valence-corrected chi connectivity index (χ1v) is 9.57. The fraction of sp³-hybridized carbons (Fsp3) is 0.273. The minimum atomic E-state index is -0.317. The zero-order valence-corrected chi connectivity index (χ0v) is 15.9. The number of nitrogens with one attached hydrogen (secondary N) is 1. The van der Waals surface area contributed by atoms with Crippen molar-refractivity contribution in [1.29, 1.82) is 0 Å². The van der Waals surface area contributed by atoms with Gasteiger partial charge in [-0.05, 0) is 42.9 Å². The Balaban J connectivity index is 1.47. The fourth-order valence-electron chi connectivity index (χ4n) is 3.56. The van der Waals surface area contributed by atoms with Crippen LogP contribution in [-0.2, 0) is 0 Å². The van der Waals surface area contributed by atoms with Crippen molar-refractivity contribution in [2.24, 2.45) is 0 Å². The standard InChI is InChI=1S/C22H23FN4O/c1-2-26-10-12-27(13-11-26)21-8-7-18(15-19(21)23)25-22(28)17-6-5-16-4-3-9-24-20(16)14-17/h3-9,14-15H,2,10-13H2,1H3,(H,25,28). The van der Waals surface area contributed by atoms with E-state index in [1.807, 2.05) is 18.2 Å². The van der Waals surface area contributed by atoms with Gasteiger partial charge in [0.2, 0.25) is 0 Å². The quantitative estimate of drug-likeness (QED) is 0.751. The Morgan fingerprint density at radius 2 is 1.93 bits per heavy atom. The Kier molecular flexibility index (Phi) is 5.21. The van der Waals surface area contributed by atoms with Gasteiger partial charge in [0, 0.05) is 49.0 Å². The van der Waals surface area contributed by atoms with Gasteiger partial charge in [-0.3, -0.25) is 9.78 Å². The summed E-state index contributed by atoms with van der Waals surface area (Å²) in [6.45, 7) is 6.64. The maximum absolute atomic E-state index is 14.7. The molecule has 6 heteroatoms. The Morgan fingerprint density at radius 1 is 1.11 bits per heavy atom. The number of amides is 1. The van der Waals surface area contributed by atoms with Gasteiger partial charge in [0.15, 0.2) is 0 Å². The van der Waals surface area contributed by atoms with E-state index in [1.54, 1.807) is 30.5 Å². The lowest BCUT2D eigenvalue weighted by molar-refractivity contribution is 0.102. The summed E-state index contributed by atoms with van der Waals surface area (Å²) < 4.78 is 14.7. The highest BCUT2D eigenvalue weighted by Crippen LogP contribution is 2.24. The zero-order chi connectivity index (χ0) is 19.5. The summed E-state index contributed by atoms with van der Waals surface area (Å²) in [5.41, 5.74) is 2.28. The number of carbonyl (C=O) groups is 1. The summed E-state index contributed by atoms with van der Waals surface area (Å²) in [6.07, 6.45) is 1.69. The number of hydrogen-bond acceptors (Lipinski definition) is 4. The average molecular weight is 378 g/mol. The van der Waals surface area contributed by atoms with Crippen molar-refractivity contribution in [3.8, 4) is 0 Å². The molecule has 1 N–H and O–H groups in total. The molecule has 1 amide bonds. The summed E-state index contributed by atoms with van der Waals surface area (Å²) in [5.74, 6) is -0.598. The van der Waals surface area contributed by atoms with Crippen LogP contribution in [0.25, 0.3) is 10.9 Å². The number of carbonyl (C=O) groups excluding carboxylic acids is 1. The predicted octanol–water partition coefficient (Wildman–Crippen LogP) is 3.77. The molecule has 28 heavy (non-hydrogen) atoms. The van der Waals surface area contributed by atoms with Gasteiger partial charge in [-0.25, -0.2) is 4.39 Å². The molecule has 1 aromatic heterocycles. The number of anilines is 2. The smallest absolute Gasteiger partial charge is 0.255 e. The van der Waals surface area contributed by atoms with Gasteiger partial charge >= 0.3 is 0 Å². The highest BCUT2D eigenvalue weighted by atomic mass is 19.1. The third-order valence-electron chi connectivity index (χ3n) is 5.23. The van der Waals surface area contributed by atoms with Crippen LogP contribution in [0.4, 0.5) is 15.8 Å². The molecule has 4 rings (SSSR count). The third-order valence-corrected chi connectivity index (χ3v) is 5.23. The molecular formula is C22H23FN4O. The number of benzene rings is 2. The van der Waals surface area contributed by atoms with E-state index in [-0.39, 0.29) is 11.7 Å². The lowest BCUT2D eigenvalue weighted by Crippen LogP contribution is -2.46. The van der Waals surface area contributed by atoms with Crippen molar-refractivity contribution in [3.05, 3.63) is 66.1 Å². The molecule has 0 radical (unpaired) electrons. The molecule has 0 aliphatic carbocycles. The molecule has 1 aliphatic rings. The first kappa shape index (κ1) is 18.4. The Labute approximate surface area is 163 Å². The van der Waals surface area contributed by atoms with E-state index in [2.05, 4.69) is 27.0 Å². The van der Waals surface area contributed by atoms with Gasteiger partial charge in [0.1, 0.15) is 5.82 Å². The van der Waals surface area contributed by atoms with Gasteiger partial charge < -0.3 is 15.1 Å². The van der Waals surface area contributed by atoms with Crippen LogP contribution in [-0.4, -0.2) is 48.5 Å². The maximum atomic E-state index is 14.7. The van der Waals surface area contributed by atoms with Crippen LogP contribution in [0.15, 0.2) is 54.7 Å². The number of likely N-dealkylation sites (N-methyl/N-ethyl adjacent to an activating group) is 1. The number of nitrogens with zero attached hydrogens (tertiary/aromatic N) is 3. The van der Waals surface area contributed by atoms with Crippen LogP contribution in [0.5, 0.6) is 0 Å². The molecule has 2 aromatic carbocycles. The number of piperazine rings is 1. The molecule has 144 valence electrons. The highest BCUT2D eigenvalue weighted by Gasteiger charge is 2.19. The average Bonchev–Trinajstić information content (AvgIpc) is 2.73. The zero-order valence-electron chi connectivity index (χ0n) is 15.9. The first-order valence-electron chi connectivity index (χ1n) is 9.57. The van der Waals surface area contributed by atoms with E-state index >= 15 is 0 Å². The van der Waals surface area contributed by atoms with Crippen LogP contribution in [0, 0.1) is 5.82 Å². The van der Waals surface area contributed by atoms with E-state index in [1.165, 1.54) is 6.07 Å². The SMILES string of the molecule is CCN1CCN(c2ccc(NC(=O)c3ccc4cccnc4c3)cc2F)CC1. The van der Waals surface area contributed by atoms with Gasteiger partial charge in [-0.15, -0.1) is 0 Å². The molecular weight excluding hydrogens is 355 g/mol. The minimum Gasteiger partial charge on any atom is -0.367 e. The monoisotopic (exact) mass is 378 g/mol. The van der Waals surface area contributed by atoms with Crippen molar-refractivity contribution >= 4 is 28.2 Å². The van der Waals surface area contributed by atoms with Gasteiger partial charge in [-0.2, -0.15) is 0 Å². The largest absolute Gasteiger partial charge is 0.367 e. The summed E-state index contributed by atoms with van der Waals surface area (Å²) in [5, 5.41) is 3.75. The van der Waals surface area contributed by atoms with Crippen LogP contribution in [0.1, 0.15) is 17.3 Å². The maximum Gasteiger partial charge on any atom is 0.255 e. The molecule has 0 unspecified atom stereocenters. The molecule has 0 atom stereocenters. The normalized spacial score (nSPS) is 15.0. The van der Waals surface area contributed by atoms with Gasteiger partial charge in [-0.1, -0.05) is 19.1 Å². The second-order valence-electron chi connectivity index (χ2n) is 6.95. The van der Waals surface area contributed by atoms with Crippen LogP contribution in [0.2, 0.25) is 0 Å². The van der Waals surface area contributed by atoms with E-state index in [0.717, 1.165) is 43.6 Å². The summed E-state index contributed by atoms with van der Waals surface area (Å²) >= 11 is 0. The van der Waals surface area contributed by atoms with Crippen LogP contribution >= 0.6 is 0 Å². The van der Waals surface area contributed by atoms with Crippen LogP contribution < -0.4 is 10.2 Å². The number of aromatic nitrogens is 1. The summed E-state index contributed by atoms with van der Waals surface area (Å²) in [4.78, 5) is 21.2. The van der Waals surface area contributed by atoms with Crippen molar-refractivity contribution in [3.63, 3.8) is 0 Å². The molecule has 0 bridgehead atoms.